The zero-order chi connectivity index (χ0) is 72.2. The second kappa shape index (κ2) is 39.5. The van der Waals surface area contributed by atoms with Crippen LogP contribution in [0, 0.1) is 23.7 Å². The van der Waals surface area contributed by atoms with E-state index >= 15 is 0 Å². The molecule has 1 saturated heterocycles. The van der Waals surface area contributed by atoms with Gasteiger partial charge in [0.15, 0.2) is 0 Å². The van der Waals surface area contributed by atoms with Crippen LogP contribution in [0.15, 0.2) is 49.3 Å². The van der Waals surface area contributed by atoms with E-state index in [1.807, 2.05) is 0 Å². The number of aromatic amines is 2. The molecule has 1 aliphatic rings. The summed E-state index contributed by atoms with van der Waals surface area (Å²) >= 11 is 0. The Bertz CT molecular complexity index is 3120. The second-order valence-electron chi connectivity index (χ2n) is 26.2. The van der Waals surface area contributed by atoms with Gasteiger partial charge in [-0.2, -0.15) is 0 Å². The highest BCUT2D eigenvalue weighted by Gasteiger charge is 2.37. The van der Waals surface area contributed by atoms with Crippen molar-refractivity contribution in [2.45, 2.75) is 212 Å². The fourth-order valence-corrected chi connectivity index (χ4v) is 10.5. The molecular formula is C64H99N17O16. The van der Waals surface area contributed by atoms with E-state index in [-0.39, 0.29) is 74.4 Å². The van der Waals surface area contributed by atoms with Gasteiger partial charge < -0.3 is 94.8 Å². The first-order chi connectivity index (χ1) is 45.7. The monoisotopic (exact) mass is 1360 g/mol. The van der Waals surface area contributed by atoms with Crippen molar-refractivity contribution in [3.63, 3.8) is 0 Å². The standard InChI is InChI=1S/C64H99N17O16/c1-32(2)20-44(58(90)72-36(9)54(86)80-50(64(96)97)23-35(7)8)74-60(92)45(21-33(3)4)75-61(93)47(24-38-13-15-41(83)16-14-38)76-57(89)43(17-18-51(65)84)73-59(91)46(22-34(5)6)79-63(95)53(37(10)82)81-52(85)29-69-55(87)48(25-39-27-66-30-70-39)77-62(94)49(26-40-28-67-31-71-40)78-56(88)42-12-11-19-68-42/h13-16,27-28,30-37,42-50,53,68,82-83H,11-12,17-26,29H2,1-10H3,(H2,65,84)(H,66,70)(H,67,71)(H,69,87)(H,72,90)(H,73,91)(H,74,92)(H,75,93)(H,76,89)(H,77,94)(H,78,88)(H,79,95)(H,80,86)(H,81,85)(H,96,97)/t36-,37+,42-,43-,44-,45-,46-,47-,48-,49-,50-,53-/m0/s1. The number of amides is 12. The van der Waals surface area contributed by atoms with E-state index in [1.165, 1.54) is 63.2 Å². The van der Waals surface area contributed by atoms with Crippen LogP contribution in [0.4, 0.5) is 0 Å². The first-order valence-electron chi connectivity index (χ1n) is 32.6. The van der Waals surface area contributed by atoms with E-state index in [9.17, 15) is 77.6 Å². The largest absolute Gasteiger partial charge is 0.508 e. The third kappa shape index (κ3) is 28.4. The molecule has 0 saturated carbocycles. The Morgan fingerprint density at radius 2 is 0.938 bits per heavy atom. The number of phenolic OH excluding ortho intramolecular Hbond substituents is 1. The number of hydrogen-bond donors (Lipinski definition) is 18. The second-order valence-corrected chi connectivity index (χ2v) is 26.2. The average Bonchev–Trinajstić information content (AvgIpc) is 1.45. The number of aliphatic hydroxyl groups excluding tert-OH is 1. The predicted molar refractivity (Wildman–Crippen MR) is 351 cm³/mol. The normalized spacial score (nSPS) is 16.3. The van der Waals surface area contributed by atoms with Crippen molar-refractivity contribution in [3.8, 4) is 5.75 Å². The highest BCUT2D eigenvalue weighted by Crippen LogP contribution is 2.16. The topological polar surface area (TPSA) is 510 Å². The van der Waals surface area contributed by atoms with E-state index in [2.05, 4.69) is 83.7 Å². The van der Waals surface area contributed by atoms with Gasteiger partial charge in [0.1, 0.15) is 66.2 Å². The van der Waals surface area contributed by atoms with E-state index in [4.69, 9.17) is 5.73 Å². The third-order valence-corrected chi connectivity index (χ3v) is 15.5. The van der Waals surface area contributed by atoms with E-state index in [0.717, 1.165) is 6.42 Å². The number of carboxylic acids is 1. The molecule has 33 nitrogen and oxygen atoms in total. The van der Waals surface area contributed by atoms with Gasteiger partial charge in [-0.05, 0) is 107 Å². The SMILES string of the molecule is CC(C)C[C@H](NC(=O)[C@H](C)NC(=O)[C@H](CC(C)C)NC(=O)[C@H](CC(C)C)NC(=O)[C@H](Cc1ccc(O)cc1)NC(=O)[C@H](CCC(N)=O)NC(=O)[C@H](CC(C)C)NC(=O)[C@@H](NC(=O)CNC(=O)[C@H](Cc1cnc[nH]1)NC(=O)[C@H](Cc1cnc[nH]1)NC(=O)[C@@H]1CCCN1)[C@@H](C)O)C(=O)O. The molecule has 3 heterocycles. The Hall–Kier alpha value is -9.53. The average molecular weight is 1360 g/mol. The molecule has 19 N–H and O–H groups in total. The van der Waals surface area contributed by atoms with Crippen LogP contribution < -0.4 is 69.5 Å². The van der Waals surface area contributed by atoms with Crippen LogP contribution in [0.1, 0.15) is 138 Å². The van der Waals surface area contributed by atoms with Gasteiger partial charge in [-0.15, -0.1) is 0 Å². The molecule has 97 heavy (non-hydrogen) atoms. The molecule has 0 bridgehead atoms. The first-order valence-corrected chi connectivity index (χ1v) is 32.6. The van der Waals surface area contributed by atoms with E-state index in [1.54, 1.807) is 55.4 Å². The van der Waals surface area contributed by atoms with Crippen LogP contribution in [0.25, 0.3) is 0 Å². The minimum Gasteiger partial charge on any atom is -0.508 e. The molecule has 12 amide bonds. The molecule has 0 radical (unpaired) electrons. The van der Waals surface area contributed by atoms with Gasteiger partial charge in [-0.1, -0.05) is 67.5 Å². The highest BCUT2D eigenvalue weighted by atomic mass is 16.4. The summed E-state index contributed by atoms with van der Waals surface area (Å²) in [6, 6.07) is -9.00. The number of aliphatic hydroxyl groups is 1. The van der Waals surface area contributed by atoms with E-state index in [0.29, 0.717) is 29.9 Å². The number of hydrogen-bond acceptors (Lipinski definition) is 18. The Labute approximate surface area is 563 Å². The molecule has 4 rings (SSSR count). The van der Waals surface area contributed by atoms with Crippen LogP contribution in [-0.4, -0.2) is 198 Å². The van der Waals surface area contributed by atoms with Crippen molar-refractivity contribution in [1.82, 2.24) is 83.7 Å². The van der Waals surface area contributed by atoms with Gasteiger partial charge in [0, 0.05) is 49.5 Å². The van der Waals surface area contributed by atoms with Crippen molar-refractivity contribution in [3.05, 3.63) is 66.3 Å². The summed E-state index contributed by atoms with van der Waals surface area (Å²) in [7, 11) is 0. The number of primary amides is 1. The maximum atomic E-state index is 14.6. The van der Waals surface area contributed by atoms with Crippen LogP contribution in [-0.2, 0) is 81.6 Å². The summed E-state index contributed by atoms with van der Waals surface area (Å²) in [5, 5.41) is 62.0. The fourth-order valence-electron chi connectivity index (χ4n) is 10.5. The lowest BCUT2D eigenvalue weighted by Gasteiger charge is -2.29. The Balaban J connectivity index is 1.53. The van der Waals surface area contributed by atoms with Gasteiger partial charge in [-0.3, -0.25) is 57.5 Å². The summed E-state index contributed by atoms with van der Waals surface area (Å²) in [5.74, 6) is -12.5. The number of carbonyl (C=O) groups excluding carboxylic acids is 12. The van der Waals surface area contributed by atoms with Crippen molar-refractivity contribution in [1.29, 1.82) is 0 Å². The minimum atomic E-state index is -1.77. The third-order valence-electron chi connectivity index (χ3n) is 15.5. The van der Waals surface area contributed by atoms with Crippen molar-refractivity contribution in [2.24, 2.45) is 29.4 Å². The smallest absolute Gasteiger partial charge is 0.326 e. The number of phenols is 1. The van der Waals surface area contributed by atoms with Crippen LogP contribution in [0.2, 0.25) is 0 Å². The minimum absolute atomic E-state index is 0.00140. The lowest BCUT2D eigenvalue weighted by Crippen LogP contribution is -2.61. The molecule has 0 unspecified atom stereocenters. The lowest BCUT2D eigenvalue weighted by molar-refractivity contribution is -0.142. The molecule has 33 heteroatoms. The van der Waals surface area contributed by atoms with Gasteiger partial charge >= 0.3 is 5.97 Å². The molecule has 536 valence electrons. The molecule has 12 atom stereocenters. The van der Waals surface area contributed by atoms with Crippen LogP contribution >= 0.6 is 0 Å². The maximum absolute atomic E-state index is 14.6. The molecular weight excluding hydrogens is 1260 g/mol. The number of aromatic hydroxyl groups is 1. The molecule has 0 spiro atoms. The van der Waals surface area contributed by atoms with Gasteiger partial charge in [0.2, 0.25) is 70.9 Å². The Morgan fingerprint density at radius 3 is 1.38 bits per heavy atom. The van der Waals surface area contributed by atoms with Crippen molar-refractivity contribution < 1.29 is 77.6 Å². The zero-order valence-corrected chi connectivity index (χ0v) is 56.7. The molecule has 3 aromatic rings. The number of nitrogens with two attached hydrogens (primary N) is 1. The first kappa shape index (κ1) is 79.9. The van der Waals surface area contributed by atoms with Gasteiger partial charge in [0.25, 0.3) is 0 Å². The number of aromatic nitrogens is 4. The molecule has 1 aliphatic heterocycles. The number of carboxylic acid groups (broad SMARTS) is 1. The maximum Gasteiger partial charge on any atom is 0.326 e. The van der Waals surface area contributed by atoms with E-state index < -0.39 is 169 Å². The number of aliphatic carboxylic acids is 1. The number of carbonyl (C=O) groups is 13. The number of H-pyrrole nitrogens is 2. The number of nitrogens with one attached hydrogen (secondary N) is 14. The van der Waals surface area contributed by atoms with Gasteiger partial charge in [-0.25, -0.2) is 14.8 Å². The lowest BCUT2D eigenvalue weighted by atomic mass is 9.98. The number of benzene rings is 1. The Kier molecular flexibility index (Phi) is 32.5. The molecule has 0 aliphatic carbocycles. The molecule has 1 aromatic carbocycles. The number of imidazole rings is 2. The predicted octanol–water partition coefficient (Wildman–Crippen LogP) is -2.48. The Morgan fingerprint density at radius 1 is 0.515 bits per heavy atom. The van der Waals surface area contributed by atoms with Crippen molar-refractivity contribution >= 4 is 76.9 Å². The summed E-state index contributed by atoms with van der Waals surface area (Å²) in [6.07, 6.45) is 4.05. The number of rotatable bonds is 41. The molecule has 2 aromatic heterocycles. The quantitative estimate of drug-likeness (QED) is 0.0280. The van der Waals surface area contributed by atoms with Crippen LogP contribution in [0.5, 0.6) is 5.75 Å². The summed E-state index contributed by atoms with van der Waals surface area (Å²) in [6.45, 7) is 16.4. The summed E-state index contributed by atoms with van der Waals surface area (Å²) in [4.78, 5) is 191. The molecule has 1 fully saturated rings. The van der Waals surface area contributed by atoms with Crippen molar-refractivity contribution in [2.75, 3.05) is 13.1 Å². The van der Waals surface area contributed by atoms with Crippen LogP contribution in [0.3, 0.4) is 0 Å². The highest BCUT2D eigenvalue weighted by molar-refractivity contribution is 5.99. The summed E-state index contributed by atoms with van der Waals surface area (Å²) < 4.78 is 0. The zero-order valence-electron chi connectivity index (χ0n) is 56.7. The van der Waals surface area contributed by atoms with Gasteiger partial charge in [0.05, 0.1) is 31.3 Å². The number of nitrogens with zero attached hydrogens (tertiary/aromatic N) is 2. The fraction of sp³-hybridized carbons (Fsp3) is 0.609. The summed E-state index contributed by atoms with van der Waals surface area (Å²) in [5.41, 5.74) is 6.86.